The fraction of sp³-hybridized carbons (Fsp3) is 0.632. The van der Waals surface area contributed by atoms with Crippen LogP contribution in [0.2, 0.25) is 5.02 Å². The van der Waals surface area contributed by atoms with E-state index in [4.69, 9.17) is 21.1 Å². The van der Waals surface area contributed by atoms with Crippen molar-refractivity contribution in [3.05, 3.63) is 29.3 Å². The van der Waals surface area contributed by atoms with Gasteiger partial charge in [-0.25, -0.2) is 0 Å². The molecule has 7 heteroatoms. The van der Waals surface area contributed by atoms with E-state index in [0.717, 1.165) is 68.8 Å². The Hall–Kier alpha value is -1.50. The van der Waals surface area contributed by atoms with Crippen molar-refractivity contribution >= 4 is 23.2 Å². The van der Waals surface area contributed by atoms with Crippen molar-refractivity contribution in [2.45, 2.75) is 12.8 Å². The Morgan fingerprint density at radius 1 is 1.12 bits per heavy atom. The number of hydrogen-bond acceptors (Lipinski definition) is 4. The lowest BCUT2D eigenvalue weighted by Gasteiger charge is -2.38. The molecule has 1 aromatic rings. The number of anilines is 1. The highest BCUT2D eigenvalue weighted by Crippen LogP contribution is 2.25. The Morgan fingerprint density at radius 3 is 2.58 bits per heavy atom. The lowest BCUT2D eigenvalue weighted by molar-refractivity contribution is 0.0689. The Bertz CT molecular complexity index is 548. The molecule has 0 amide bonds. The standard InChI is InChI=1S/C19H31ClN4O2/c1-21-19(22-9-5-6-14-26-16-15-25-2)24-12-10-23(11-13-24)18-8-4-3-7-17(18)20/h3-4,7-8H,5-6,9-16H2,1-2H3,(H,21,22). The molecule has 146 valence electrons. The van der Waals surface area contributed by atoms with Gasteiger partial charge in [0.15, 0.2) is 5.96 Å². The smallest absolute Gasteiger partial charge is 0.193 e. The first-order valence-corrected chi connectivity index (χ1v) is 9.66. The number of guanidine groups is 1. The molecule has 1 aliphatic rings. The number of hydrogen-bond donors (Lipinski definition) is 1. The summed E-state index contributed by atoms with van der Waals surface area (Å²) in [6.07, 6.45) is 2.10. The van der Waals surface area contributed by atoms with Crippen LogP contribution in [0.1, 0.15) is 12.8 Å². The number of para-hydroxylation sites is 1. The van der Waals surface area contributed by atoms with E-state index in [0.29, 0.717) is 13.2 Å². The van der Waals surface area contributed by atoms with Gasteiger partial charge >= 0.3 is 0 Å². The molecular formula is C19H31ClN4O2. The van der Waals surface area contributed by atoms with Crippen molar-refractivity contribution in [1.29, 1.82) is 0 Å². The summed E-state index contributed by atoms with van der Waals surface area (Å²) in [6.45, 7) is 6.77. The molecule has 0 aliphatic carbocycles. The van der Waals surface area contributed by atoms with E-state index in [1.54, 1.807) is 7.11 Å². The largest absolute Gasteiger partial charge is 0.382 e. The van der Waals surface area contributed by atoms with E-state index in [1.807, 2.05) is 25.2 Å². The number of methoxy groups -OCH3 is 1. The molecular weight excluding hydrogens is 352 g/mol. The molecule has 0 unspecified atom stereocenters. The van der Waals surface area contributed by atoms with Gasteiger partial charge in [-0.3, -0.25) is 4.99 Å². The highest BCUT2D eigenvalue weighted by atomic mass is 35.5. The first-order chi connectivity index (χ1) is 12.8. The summed E-state index contributed by atoms with van der Waals surface area (Å²) in [5.41, 5.74) is 1.12. The molecule has 1 aromatic carbocycles. The Labute approximate surface area is 162 Å². The van der Waals surface area contributed by atoms with E-state index in [9.17, 15) is 0 Å². The number of halogens is 1. The highest BCUT2D eigenvalue weighted by Gasteiger charge is 2.20. The number of unbranched alkanes of at least 4 members (excludes halogenated alkanes) is 1. The van der Waals surface area contributed by atoms with Crippen LogP contribution < -0.4 is 10.2 Å². The maximum Gasteiger partial charge on any atom is 0.193 e. The zero-order valence-corrected chi connectivity index (χ0v) is 16.7. The topological polar surface area (TPSA) is 49.3 Å². The lowest BCUT2D eigenvalue weighted by Crippen LogP contribution is -2.52. The molecule has 1 fully saturated rings. The second kappa shape index (κ2) is 12.0. The third-order valence-electron chi connectivity index (χ3n) is 4.41. The van der Waals surface area contributed by atoms with Crippen molar-refractivity contribution in [1.82, 2.24) is 10.2 Å². The number of nitrogens with zero attached hydrogens (tertiary/aromatic N) is 3. The number of rotatable bonds is 9. The van der Waals surface area contributed by atoms with E-state index in [2.05, 4.69) is 26.2 Å². The van der Waals surface area contributed by atoms with Gasteiger partial charge in [-0.1, -0.05) is 23.7 Å². The molecule has 2 rings (SSSR count). The molecule has 1 aliphatic heterocycles. The minimum Gasteiger partial charge on any atom is -0.382 e. The van der Waals surface area contributed by atoms with Crippen LogP contribution in [0.15, 0.2) is 29.3 Å². The summed E-state index contributed by atoms with van der Waals surface area (Å²) in [7, 11) is 3.53. The van der Waals surface area contributed by atoms with Crippen LogP contribution in [-0.4, -0.2) is 77.6 Å². The molecule has 0 spiro atoms. The van der Waals surface area contributed by atoms with Crippen LogP contribution in [0.25, 0.3) is 0 Å². The zero-order valence-electron chi connectivity index (χ0n) is 15.9. The molecule has 0 aromatic heterocycles. The molecule has 0 saturated carbocycles. The number of aliphatic imine (C=N–C) groups is 1. The van der Waals surface area contributed by atoms with Gasteiger partial charge in [-0.05, 0) is 25.0 Å². The predicted molar refractivity (Wildman–Crippen MR) is 109 cm³/mol. The quantitative estimate of drug-likeness (QED) is 0.404. The first kappa shape index (κ1) is 20.8. The SMILES string of the molecule is CN=C(NCCCCOCCOC)N1CCN(c2ccccc2Cl)CC1. The van der Waals surface area contributed by atoms with Crippen LogP contribution in [0.5, 0.6) is 0 Å². The molecule has 6 nitrogen and oxygen atoms in total. The number of benzene rings is 1. The van der Waals surface area contributed by atoms with Crippen molar-refractivity contribution < 1.29 is 9.47 Å². The Balaban J connectivity index is 1.66. The van der Waals surface area contributed by atoms with Crippen molar-refractivity contribution in [3.8, 4) is 0 Å². The first-order valence-electron chi connectivity index (χ1n) is 9.28. The summed E-state index contributed by atoms with van der Waals surface area (Å²) in [4.78, 5) is 9.07. The molecule has 1 N–H and O–H groups in total. The van der Waals surface area contributed by atoms with E-state index >= 15 is 0 Å². The van der Waals surface area contributed by atoms with Crippen LogP contribution >= 0.6 is 11.6 Å². The third-order valence-corrected chi connectivity index (χ3v) is 4.73. The maximum absolute atomic E-state index is 6.31. The average molecular weight is 383 g/mol. The minimum atomic E-state index is 0.658. The summed E-state index contributed by atoms with van der Waals surface area (Å²) in [6, 6.07) is 8.03. The zero-order chi connectivity index (χ0) is 18.6. The van der Waals surface area contributed by atoms with E-state index in [-0.39, 0.29) is 0 Å². The lowest BCUT2D eigenvalue weighted by atomic mass is 10.2. The summed E-state index contributed by atoms with van der Waals surface area (Å²) >= 11 is 6.31. The highest BCUT2D eigenvalue weighted by molar-refractivity contribution is 6.33. The molecule has 26 heavy (non-hydrogen) atoms. The molecule has 0 radical (unpaired) electrons. The van der Waals surface area contributed by atoms with Gasteiger partial charge in [0, 0.05) is 53.5 Å². The van der Waals surface area contributed by atoms with Crippen molar-refractivity contribution in [2.75, 3.05) is 71.6 Å². The fourth-order valence-electron chi connectivity index (χ4n) is 2.97. The predicted octanol–water partition coefficient (Wildman–Crippen LogP) is 2.48. The number of nitrogens with one attached hydrogen (secondary N) is 1. The second-order valence-electron chi connectivity index (χ2n) is 6.21. The van der Waals surface area contributed by atoms with Gasteiger partial charge in [0.1, 0.15) is 0 Å². The van der Waals surface area contributed by atoms with Crippen molar-refractivity contribution in [3.63, 3.8) is 0 Å². The van der Waals surface area contributed by atoms with Crippen LogP contribution in [0.3, 0.4) is 0 Å². The summed E-state index contributed by atoms with van der Waals surface area (Å²) in [5.74, 6) is 0.976. The van der Waals surface area contributed by atoms with Gasteiger partial charge in [-0.15, -0.1) is 0 Å². The maximum atomic E-state index is 6.31. The van der Waals surface area contributed by atoms with Crippen molar-refractivity contribution in [2.24, 2.45) is 4.99 Å². The minimum absolute atomic E-state index is 0.658. The summed E-state index contributed by atoms with van der Waals surface area (Å²) < 4.78 is 10.4. The number of ether oxygens (including phenoxy) is 2. The van der Waals surface area contributed by atoms with Gasteiger partial charge < -0.3 is 24.6 Å². The van der Waals surface area contributed by atoms with Crippen LogP contribution in [0.4, 0.5) is 5.69 Å². The summed E-state index contributed by atoms with van der Waals surface area (Å²) in [5, 5.41) is 4.27. The Kier molecular flexibility index (Phi) is 9.60. The van der Waals surface area contributed by atoms with E-state index < -0.39 is 0 Å². The van der Waals surface area contributed by atoms with Gasteiger partial charge in [0.25, 0.3) is 0 Å². The Morgan fingerprint density at radius 2 is 1.88 bits per heavy atom. The van der Waals surface area contributed by atoms with Gasteiger partial charge in [0.05, 0.1) is 23.9 Å². The van der Waals surface area contributed by atoms with Crippen LogP contribution in [0, 0.1) is 0 Å². The second-order valence-corrected chi connectivity index (χ2v) is 6.62. The number of piperazine rings is 1. The van der Waals surface area contributed by atoms with Crippen LogP contribution in [-0.2, 0) is 9.47 Å². The molecule has 1 heterocycles. The fourth-order valence-corrected chi connectivity index (χ4v) is 3.23. The van der Waals surface area contributed by atoms with Gasteiger partial charge in [-0.2, -0.15) is 0 Å². The van der Waals surface area contributed by atoms with E-state index in [1.165, 1.54) is 0 Å². The molecule has 0 bridgehead atoms. The molecule has 0 atom stereocenters. The third kappa shape index (κ3) is 6.67. The molecule has 1 saturated heterocycles. The average Bonchev–Trinajstić information content (AvgIpc) is 2.68. The normalized spacial score (nSPS) is 15.4. The monoisotopic (exact) mass is 382 g/mol. The van der Waals surface area contributed by atoms with Gasteiger partial charge in [0.2, 0.25) is 0 Å².